The maximum absolute atomic E-state index is 4.44. The number of hydrogen-bond acceptors (Lipinski definition) is 3. The molecule has 0 saturated carbocycles. The van der Waals surface area contributed by atoms with Crippen LogP contribution >= 0.6 is 43.2 Å². The van der Waals surface area contributed by atoms with E-state index in [-0.39, 0.29) is 0 Å². The standard InChI is InChI=1S/C13H14Br2N2S/c1-2-16-12(9-5-13(15)18-8-9)6-11-4-3-10(14)7-17-11/h3-5,7-8,12,16H,2,6H2,1H3. The molecule has 0 aliphatic heterocycles. The van der Waals surface area contributed by atoms with Crippen molar-refractivity contribution in [1.82, 2.24) is 10.3 Å². The first-order valence-electron chi connectivity index (χ1n) is 5.76. The third kappa shape index (κ3) is 3.88. The van der Waals surface area contributed by atoms with Gasteiger partial charge in [-0.2, -0.15) is 0 Å². The number of aromatic nitrogens is 1. The molecule has 1 N–H and O–H groups in total. The predicted molar refractivity (Wildman–Crippen MR) is 84.1 cm³/mol. The van der Waals surface area contributed by atoms with E-state index in [0.29, 0.717) is 6.04 Å². The Morgan fingerprint density at radius 3 is 2.78 bits per heavy atom. The van der Waals surface area contributed by atoms with Crippen LogP contribution in [0.1, 0.15) is 24.2 Å². The van der Waals surface area contributed by atoms with E-state index in [4.69, 9.17) is 0 Å². The molecule has 1 unspecified atom stereocenters. The molecule has 96 valence electrons. The maximum Gasteiger partial charge on any atom is 0.0701 e. The average Bonchev–Trinajstić information content (AvgIpc) is 2.78. The molecule has 0 saturated heterocycles. The lowest BCUT2D eigenvalue weighted by Gasteiger charge is -2.16. The Morgan fingerprint density at radius 1 is 1.39 bits per heavy atom. The van der Waals surface area contributed by atoms with Crippen LogP contribution in [0.5, 0.6) is 0 Å². The van der Waals surface area contributed by atoms with Gasteiger partial charge >= 0.3 is 0 Å². The minimum absolute atomic E-state index is 0.325. The highest BCUT2D eigenvalue weighted by Crippen LogP contribution is 2.27. The van der Waals surface area contributed by atoms with Gasteiger partial charge in [0, 0.05) is 28.8 Å². The van der Waals surface area contributed by atoms with Crippen molar-refractivity contribution in [2.75, 3.05) is 6.54 Å². The van der Waals surface area contributed by atoms with E-state index in [9.17, 15) is 0 Å². The van der Waals surface area contributed by atoms with Gasteiger partial charge in [0.25, 0.3) is 0 Å². The predicted octanol–water partition coefficient (Wildman–Crippen LogP) is 4.56. The Labute approximate surface area is 128 Å². The molecule has 0 fully saturated rings. The van der Waals surface area contributed by atoms with E-state index < -0.39 is 0 Å². The molecule has 2 aromatic heterocycles. The van der Waals surface area contributed by atoms with Crippen molar-refractivity contribution >= 4 is 43.2 Å². The molecule has 0 spiro atoms. The van der Waals surface area contributed by atoms with Crippen molar-refractivity contribution in [3.8, 4) is 0 Å². The van der Waals surface area contributed by atoms with Crippen molar-refractivity contribution in [2.45, 2.75) is 19.4 Å². The van der Waals surface area contributed by atoms with Crippen LogP contribution in [0.3, 0.4) is 0 Å². The number of pyridine rings is 1. The van der Waals surface area contributed by atoms with Gasteiger partial charge in [0.1, 0.15) is 0 Å². The molecule has 0 radical (unpaired) electrons. The monoisotopic (exact) mass is 388 g/mol. The minimum Gasteiger partial charge on any atom is -0.310 e. The molecular formula is C13H14Br2N2S. The molecule has 1 atom stereocenters. The quantitative estimate of drug-likeness (QED) is 0.810. The summed E-state index contributed by atoms with van der Waals surface area (Å²) in [4.78, 5) is 4.44. The molecule has 18 heavy (non-hydrogen) atoms. The summed E-state index contributed by atoms with van der Waals surface area (Å²) in [6, 6.07) is 6.60. The SMILES string of the molecule is CCNC(Cc1ccc(Br)cn1)c1csc(Br)c1. The second-order valence-corrected chi connectivity index (χ2v) is 7.17. The van der Waals surface area contributed by atoms with Gasteiger partial charge in [-0.15, -0.1) is 11.3 Å². The first-order valence-corrected chi connectivity index (χ1v) is 8.23. The average molecular weight is 390 g/mol. The normalized spacial score (nSPS) is 12.6. The van der Waals surface area contributed by atoms with Gasteiger partial charge in [0.2, 0.25) is 0 Å². The van der Waals surface area contributed by atoms with Gasteiger partial charge in [-0.1, -0.05) is 6.92 Å². The molecule has 2 nitrogen and oxygen atoms in total. The van der Waals surface area contributed by atoms with Crippen LogP contribution in [-0.4, -0.2) is 11.5 Å². The summed E-state index contributed by atoms with van der Waals surface area (Å²) in [5.41, 5.74) is 2.42. The molecule has 0 amide bonds. The highest BCUT2D eigenvalue weighted by molar-refractivity contribution is 9.11. The fourth-order valence-electron chi connectivity index (χ4n) is 1.80. The van der Waals surface area contributed by atoms with Crippen molar-refractivity contribution < 1.29 is 0 Å². The molecule has 0 bridgehead atoms. The van der Waals surface area contributed by atoms with Gasteiger partial charge in [-0.25, -0.2) is 0 Å². The van der Waals surface area contributed by atoms with E-state index in [1.165, 1.54) is 9.35 Å². The van der Waals surface area contributed by atoms with Gasteiger partial charge in [-0.3, -0.25) is 4.98 Å². The zero-order chi connectivity index (χ0) is 13.0. The molecule has 0 aliphatic carbocycles. The summed E-state index contributed by atoms with van der Waals surface area (Å²) in [5.74, 6) is 0. The van der Waals surface area contributed by atoms with Crippen molar-refractivity contribution in [1.29, 1.82) is 0 Å². The van der Waals surface area contributed by atoms with Crippen LogP contribution in [0.25, 0.3) is 0 Å². The van der Waals surface area contributed by atoms with Gasteiger partial charge in [0.15, 0.2) is 0 Å². The fraction of sp³-hybridized carbons (Fsp3) is 0.308. The van der Waals surface area contributed by atoms with Gasteiger partial charge in [0.05, 0.1) is 3.79 Å². The van der Waals surface area contributed by atoms with Crippen LogP contribution in [0.4, 0.5) is 0 Å². The Kier molecular flexibility index (Phi) is 5.36. The summed E-state index contributed by atoms with van der Waals surface area (Å²) < 4.78 is 2.19. The maximum atomic E-state index is 4.44. The van der Waals surface area contributed by atoms with Crippen LogP contribution in [0.15, 0.2) is 38.0 Å². The highest BCUT2D eigenvalue weighted by Gasteiger charge is 2.13. The topological polar surface area (TPSA) is 24.9 Å². The molecule has 2 rings (SSSR count). The molecule has 2 heterocycles. The zero-order valence-electron chi connectivity index (χ0n) is 9.99. The lowest BCUT2D eigenvalue weighted by atomic mass is 10.0. The van der Waals surface area contributed by atoms with Crippen molar-refractivity contribution in [3.05, 3.63) is 49.3 Å². The fourth-order valence-corrected chi connectivity index (χ4v) is 3.26. The first kappa shape index (κ1) is 14.2. The third-order valence-electron chi connectivity index (χ3n) is 2.64. The van der Waals surface area contributed by atoms with Crippen molar-refractivity contribution in [3.63, 3.8) is 0 Å². The zero-order valence-corrected chi connectivity index (χ0v) is 14.0. The number of likely N-dealkylation sites (N-methyl/N-ethyl adjacent to an activating group) is 1. The summed E-state index contributed by atoms with van der Waals surface area (Å²) in [7, 11) is 0. The van der Waals surface area contributed by atoms with E-state index in [1.54, 1.807) is 11.3 Å². The second-order valence-electron chi connectivity index (χ2n) is 3.97. The number of thiophene rings is 1. The van der Waals surface area contributed by atoms with E-state index >= 15 is 0 Å². The smallest absolute Gasteiger partial charge is 0.0701 e. The number of nitrogens with zero attached hydrogens (tertiary/aromatic N) is 1. The molecule has 2 aromatic rings. The molecule has 5 heteroatoms. The Bertz CT molecular complexity index is 496. The summed E-state index contributed by atoms with van der Waals surface area (Å²) in [6.45, 7) is 3.08. The summed E-state index contributed by atoms with van der Waals surface area (Å²) >= 11 is 8.64. The highest BCUT2D eigenvalue weighted by atomic mass is 79.9. The molecule has 0 aromatic carbocycles. The van der Waals surface area contributed by atoms with Crippen LogP contribution in [0.2, 0.25) is 0 Å². The van der Waals surface area contributed by atoms with E-state index in [1.807, 2.05) is 12.3 Å². The molecule has 0 aliphatic rings. The van der Waals surface area contributed by atoms with Crippen molar-refractivity contribution in [2.24, 2.45) is 0 Å². The van der Waals surface area contributed by atoms with E-state index in [2.05, 4.69) is 66.6 Å². The number of hydrogen-bond donors (Lipinski definition) is 1. The number of halogens is 2. The Morgan fingerprint density at radius 2 is 2.22 bits per heavy atom. The Hall–Kier alpha value is -0.230. The third-order valence-corrected chi connectivity index (χ3v) is 4.63. The first-order chi connectivity index (χ1) is 8.69. The van der Waals surface area contributed by atoms with Gasteiger partial charge < -0.3 is 5.32 Å². The lowest BCUT2D eigenvalue weighted by molar-refractivity contribution is 0.545. The molecular weight excluding hydrogens is 376 g/mol. The van der Waals surface area contributed by atoms with Crippen LogP contribution in [0, 0.1) is 0 Å². The number of rotatable bonds is 5. The summed E-state index contributed by atoms with van der Waals surface area (Å²) in [5, 5.41) is 5.70. The van der Waals surface area contributed by atoms with Crippen LogP contribution in [-0.2, 0) is 6.42 Å². The number of nitrogens with one attached hydrogen (secondary N) is 1. The minimum atomic E-state index is 0.325. The largest absolute Gasteiger partial charge is 0.310 e. The Balaban J connectivity index is 2.13. The van der Waals surface area contributed by atoms with Crippen LogP contribution < -0.4 is 5.32 Å². The van der Waals surface area contributed by atoms with Gasteiger partial charge in [-0.05, 0) is 67.5 Å². The summed E-state index contributed by atoms with van der Waals surface area (Å²) in [6.07, 6.45) is 2.76. The second kappa shape index (κ2) is 6.80. The lowest BCUT2D eigenvalue weighted by Crippen LogP contribution is -2.22. The van der Waals surface area contributed by atoms with E-state index in [0.717, 1.165) is 23.1 Å².